The van der Waals surface area contributed by atoms with Crippen LogP contribution in [0.2, 0.25) is 0 Å². The number of benzene rings is 1. The topological polar surface area (TPSA) is 15.3 Å². The van der Waals surface area contributed by atoms with Crippen LogP contribution < -0.4 is 5.32 Å². The minimum Gasteiger partial charge on any atom is -0.317 e. The molecule has 0 aromatic heterocycles. The van der Waals surface area contributed by atoms with Crippen LogP contribution in [0.5, 0.6) is 0 Å². The van der Waals surface area contributed by atoms with Gasteiger partial charge in [-0.15, -0.1) is 0 Å². The summed E-state index contributed by atoms with van der Waals surface area (Å²) in [7, 11) is 0. The zero-order valence-corrected chi connectivity index (χ0v) is 13.1. The summed E-state index contributed by atoms with van der Waals surface area (Å²) in [5.41, 5.74) is 3.12. The molecular formula is C17H26N2S. The van der Waals surface area contributed by atoms with Crippen molar-refractivity contribution in [3.05, 3.63) is 35.4 Å². The number of piperidine rings is 1. The summed E-state index contributed by atoms with van der Waals surface area (Å²) in [6.07, 6.45) is 5.28. The molecule has 0 unspecified atom stereocenters. The SMILES string of the molecule is c1ccc2c(c1)CCCN(CCSC1CCNCC1)C2. The molecule has 0 amide bonds. The zero-order valence-electron chi connectivity index (χ0n) is 12.3. The molecule has 1 N–H and O–H groups in total. The van der Waals surface area contributed by atoms with Gasteiger partial charge in [0.25, 0.3) is 0 Å². The lowest BCUT2D eigenvalue weighted by Gasteiger charge is -2.24. The van der Waals surface area contributed by atoms with E-state index in [0.717, 1.165) is 11.8 Å². The average Bonchev–Trinajstić information content (AvgIpc) is 2.70. The summed E-state index contributed by atoms with van der Waals surface area (Å²) >= 11 is 2.20. The van der Waals surface area contributed by atoms with Crippen molar-refractivity contribution in [2.75, 3.05) is 31.9 Å². The minimum absolute atomic E-state index is 0.899. The van der Waals surface area contributed by atoms with Crippen LogP contribution in [-0.2, 0) is 13.0 Å². The molecule has 0 atom stereocenters. The molecule has 110 valence electrons. The van der Waals surface area contributed by atoms with Gasteiger partial charge < -0.3 is 5.32 Å². The number of nitrogens with one attached hydrogen (secondary N) is 1. The molecule has 0 radical (unpaired) electrons. The molecule has 3 rings (SSSR count). The second-order valence-corrected chi connectivity index (χ2v) is 7.38. The summed E-state index contributed by atoms with van der Waals surface area (Å²) in [4.78, 5) is 2.65. The van der Waals surface area contributed by atoms with Crippen LogP contribution in [0.25, 0.3) is 0 Å². The number of hydrogen-bond acceptors (Lipinski definition) is 3. The summed E-state index contributed by atoms with van der Waals surface area (Å²) in [6.45, 7) is 6.11. The lowest BCUT2D eigenvalue weighted by atomic mass is 10.0. The van der Waals surface area contributed by atoms with Crippen LogP contribution in [-0.4, -0.2) is 42.1 Å². The fraction of sp³-hybridized carbons (Fsp3) is 0.647. The van der Waals surface area contributed by atoms with Crippen LogP contribution >= 0.6 is 11.8 Å². The summed E-state index contributed by atoms with van der Waals surface area (Å²) in [6, 6.07) is 8.99. The van der Waals surface area contributed by atoms with Gasteiger partial charge in [0.05, 0.1) is 0 Å². The molecule has 1 aromatic carbocycles. The van der Waals surface area contributed by atoms with Crippen LogP contribution in [0.1, 0.15) is 30.4 Å². The Morgan fingerprint density at radius 3 is 2.80 bits per heavy atom. The molecule has 0 saturated carbocycles. The van der Waals surface area contributed by atoms with Gasteiger partial charge in [-0.2, -0.15) is 11.8 Å². The third-order valence-corrected chi connectivity index (χ3v) is 5.84. The van der Waals surface area contributed by atoms with Gasteiger partial charge in [-0.3, -0.25) is 4.90 Å². The van der Waals surface area contributed by atoms with Crippen LogP contribution in [0.15, 0.2) is 24.3 Å². The lowest BCUT2D eigenvalue weighted by Crippen LogP contribution is -2.31. The first-order valence-electron chi connectivity index (χ1n) is 8.03. The van der Waals surface area contributed by atoms with E-state index in [1.165, 1.54) is 57.6 Å². The summed E-state index contributed by atoms with van der Waals surface area (Å²) < 4.78 is 0. The quantitative estimate of drug-likeness (QED) is 0.918. The smallest absolute Gasteiger partial charge is 0.0236 e. The molecular weight excluding hydrogens is 264 g/mol. The maximum Gasteiger partial charge on any atom is 0.0236 e. The predicted octanol–water partition coefficient (Wildman–Crippen LogP) is 2.92. The Morgan fingerprint density at radius 2 is 1.95 bits per heavy atom. The first-order valence-corrected chi connectivity index (χ1v) is 9.08. The highest BCUT2D eigenvalue weighted by atomic mass is 32.2. The number of rotatable bonds is 4. The van der Waals surface area contributed by atoms with E-state index in [2.05, 4.69) is 46.2 Å². The third-order valence-electron chi connectivity index (χ3n) is 4.48. The van der Waals surface area contributed by atoms with Gasteiger partial charge in [-0.05, 0) is 56.4 Å². The molecule has 2 aliphatic rings. The van der Waals surface area contributed by atoms with E-state index < -0.39 is 0 Å². The van der Waals surface area contributed by atoms with Crippen LogP contribution in [0.4, 0.5) is 0 Å². The Labute approximate surface area is 127 Å². The van der Waals surface area contributed by atoms with Gasteiger partial charge >= 0.3 is 0 Å². The monoisotopic (exact) mass is 290 g/mol. The van der Waals surface area contributed by atoms with Gasteiger partial charge in [0, 0.05) is 24.1 Å². The number of hydrogen-bond donors (Lipinski definition) is 1. The Kier molecular flexibility index (Phi) is 5.40. The van der Waals surface area contributed by atoms with E-state index in [-0.39, 0.29) is 0 Å². The van der Waals surface area contributed by atoms with E-state index >= 15 is 0 Å². The van der Waals surface area contributed by atoms with Crippen molar-refractivity contribution in [3.63, 3.8) is 0 Å². The number of thioether (sulfide) groups is 1. The maximum absolute atomic E-state index is 3.45. The minimum atomic E-state index is 0.899. The molecule has 2 nitrogen and oxygen atoms in total. The summed E-state index contributed by atoms with van der Waals surface area (Å²) in [5, 5.41) is 4.35. The van der Waals surface area contributed by atoms with E-state index in [1.807, 2.05) is 0 Å². The third kappa shape index (κ3) is 4.00. The largest absolute Gasteiger partial charge is 0.317 e. The van der Waals surface area contributed by atoms with Gasteiger partial charge in [0.15, 0.2) is 0 Å². The summed E-state index contributed by atoms with van der Waals surface area (Å²) in [5.74, 6) is 1.30. The average molecular weight is 290 g/mol. The van der Waals surface area contributed by atoms with E-state index in [1.54, 1.807) is 11.1 Å². The van der Waals surface area contributed by atoms with Crippen LogP contribution in [0, 0.1) is 0 Å². The van der Waals surface area contributed by atoms with Gasteiger partial charge in [0.1, 0.15) is 0 Å². The molecule has 2 aliphatic heterocycles. The fourth-order valence-electron chi connectivity index (χ4n) is 3.27. The molecule has 0 spiro atoms. The van der Waals surface area contributed by atoms with Crippen molar-refractivity contribution in [1.82, 2.24) is 10.2 Å². The highest BCUT2D eigenvalue weighted by Gasteiger charge is 2.16. The lowest BCUT2D eigenvalue weighted by molar-refractivity contribution is 0.287. The molecule has 20 heavy (non-hydrogen) atoms. The molecule has 1 aromatic rings. The van der Waals surface area contributed by atoms with E-state index in [0.29, 0.717) is 0 Å². The first-order chi connectivity index (χ1) is 9.92. The van der Waals surface area contributed by atoms with E-state index in [4.69, 9.17) is 0 Å². The molecule has 1 saturated heterocycles. The highest BCUT2D eigenvalue weighted by molar-refractivity contribution is 7.99. The Bertz CT molecular complexity index is 415. The van der Waals surface area contributed by atoms with Crippen molar-refractivity contribution >= 4 is 11.8 Å². The molecule has 0 bridgehead atoms. The van der Waals surface area contributed by atoms with Crippen molar-refractivity contribution in [1.29, 1.82) is 0 Å². The Morgan fingerprint density at radius 1 is 1.15 bits per heavy atom. The molecule has 0 aliphatic carbocycles. The molecule has 2 heterocycles. The van der Waals surface area contributed by atoms with Crippen molar-refractivity contribution in [3.8, 4) is 0 Å². The Balaban J connectivity index is 1.46. The number of aryl methyl sites for hydroxylation is 1. The first kappa shape index (κ1) is 14.4. The maximum atomic E-state index is 3.45. The van der Waals surface area contributed by atoms with Crippen molar-refractivity contribution in [2.24, 2.45) is 0 Å². The number of fused-ring (bicyclic) bond motifs is 1. The highest BCUT2D eigenvalue weighted by Crippen LogP contribution is 2.22. The fourth-order valence-corrected chi connectivity index (χ4v) is 4.54. The normalized spacial score (nSPS) is 21.4. The van der Waals surface area contributed by atoms with Crippen LogP contribution in [0.3, 0.4) is 0 Å². The van der Waals surface area contributed by atoms with E-state index in [9.17, 15) is 0 Å². The Hall–Kier alpha value is -0.510. The van der Waals surface area contributed by atoms with Crippen molar-refractivity contribution in [2.45, 2.75) is 37.5 Å². The molecule has 3 heteroatoms. The second-order valence-electron chi connectivity index (χ2n) is 5.97. The second kappa shape index (κ2) is 7.48. The van der Waals surface area contributed by atoms with Gasteiger partial charge in [-0.25, -0.2) is 0 Å². The zero-order chi connectivity index (χ0) is 13.6. The van der Waals surface area contributed by atoms with Gasteiger partial charge in [0.2, 0.25) is 0 Å². The van der Waals surface area contributed by atoms with Gasteiger partial charge in [-0.1, -0.05) is 24.3 Å². The molecule has 1 fully saturated rings. The number of nitrogens with zero attached hydrogens (tertiary/aromatic N) is 1. The standard InChI is InChI=1S/C17H26N2S/c1-2-5-16-14-19(11-3-6-15(16)4-1)12-13-20-17-7-9-18-10-8-17/h1-2,4-5,17-18H,3,6-14H2. The van der Waals surface area contributed by atoms with Crippen molar-refractivity contribution < 1.29 is 0 Å². The predicted molar refractivity (Wildman–Crippen MR) is 88.4 cm³/mol.